The molecule has 0 spiro atoms. The Hall–Kier alpha value is -3.86. The van der Waals surface area contributed by atoms with Gasteiger partial charge in [-0.25, -0.2) is 9.98 Å². The maximum atomic E-state index is 6.19. The van der Waals surface area contributed by atoms with E-state index in [1.807, 2.05) is 66.7 Å². The number of hydrogen-bond donors (Lipinski definition) is 0. The van der Waals surface area contributed by atoms with E-state index >= 15 is 0 Å². The summed E-state index contributed by atoms with van der Waals surface area (Å²) in [6.45, 7) is 0. The first-order valence-electron chi connectivity index (χ1n) is 9.50. The Morgan fingerprint density at radius 3 is 2.59 bits per heavy atom. The fourth-order valence-electron chi connectivity index (χ4n) is 3.98. The van der Waals surface area contributed by atoms with Gasteiger partial charge in [0.2, 0.25) is 5.90 Å². The molecule has 0 radical (unpaired) electrons. The third kappa shape index (κ3) is 2.41. The first-order chi connectivity index (χ1) is 14.3. The number of methoxy groups -OCH3 is 1. The van der Waals surface area contributed by atoms with Crippen molar-refractivity contribution in [3.05, 3.63) is 89.7 Å². The molecule has 0 fully saturated rings. The van der Waals surface area contributed by atoms with Crippen molar-refractivity contribution in [1.82, 2.24) is 9.55 Å². The highest BCUT2D eigenvalue weighted by atomic mass is 16.5. The maximum absolute atomic E-state index is 6.19. The van der Waals surface area contributed by atoms with Gasteiger partial charge in [-0.2, -0.15) is 0 Å². The molecule has 0 saturated carbocycles. The standard InChI is InChI=1S/C24H17N3O2/c1-28-17-12-10-15(11-13-17)22-26-24-18(14-16-6-2-5-9-21(16)29-24)23-25-19-7-3-4-8-20(19)27(22)23/h2-14,22H,1H3. The van der Waals surface area contributed by atoms with Crippen molar-refractivity contribution in [2.45, 2.75) is 6.17 Å². The van der Waals surface area contributed by atoms with Crippen LogP contribution in [0.3, 0.4) is 0 Å². The highest BCUT2D eigenvalue weighted by Crippen LogP contribution is 2.40. The monoisotopic (exact) mass is 379 g/mol. The van der Waals surface area contributed by atoms with E-state index in [-0.39, 0.29) is 6.17 Å². The fraction of sp³-hybridized carbons (Fsp3) is 0.0833. The molecule has 140 valence electrons. The third-order valence-corrected chi connectivity index (χ3v) is 5.39. The molecule has 0 amide bonds. The number of imidazole rings is 1. The van der Waals surface area contributed by atoms with Gasteiger partial charge in [-0.05, 0) is 42.0 Å². The Kier molecular flexibility index (Phi) is 3.38. The lowest BCUT2D eigenvalue weighted by molar-refractivity contribution is 0.414. The first-order valence-corrected chi connectivity index (χ1v) is 9.50. The number of aromatic nitrogens is 2. The second-order valence-corrected chi connectivity index (χ2v) is 7.07. The van der Waals surface area contributed by atoms with E-state index in [4.69, 9.17) is 19.5 Å². The van der Waals surface area contributed by atoms with Gasteiger partial charge in [0.1, 0.15) is 17.3 Å². The van der Waals surface area contributed by atoms with Crippen LogP contribution in [-0.4, -0.2) is 22.6 Å². The second kappa shape index (κ2) is 6.07. The van der Waals surface area contributed by atoms with E-state index < -0.39 is 0 Å². The van der Waals surface area contributed by atoms with Gasteiger partial charge < -0.3 is 9.47 Å². The molecule has 1 unspecified atom stereocenters. The van der Waals surface area contributed by atoms with Gasteiger partial charge in [0, 0.05) is 5.56 Å². The lowest BCUT2D eigenvalue weighted by Crippen LogP contribution is -2.26. The fourth-order valence-corrected chi connectivity index (χ4v) is 3.98. The van der Waals surface area contributed by atoms with Gasteiger partial charge in [-0.15, -0.1) is 0 Å². The molecule has 2 aliphatic rings. The average Bonchev–Trinajstić information content (AvgIpc) is 3.17. The molecule has 2 aliphatic heterocycles. The molecule has 5 nitrogen and oxygen atoms in total. The minimum absolute atomic E-state index is 0.263. The van der Waals surface area contributed by atoms with Gasteiger partial charge in [0.25, 0.3) is 0 Å². The number of para-hydroxylation sites is 3. The van der Waals surface area contributed by atoms with Crippen LogP contribution in [0.1, 0.15) is 23.1 Å². The Morgan fingerprint density at radius 2 is 1.72 bits per heavy atom. The summed E-state index contributed by atoms with van der Waals surface area (Å²) in [7, 11) is 1.67. The van der Waals surface area contributed by atoms with Crippen LogP contribution in [0.25, 0.3) is 22.7 Å². The van der Waals surface area contributed by atoms with E-state index in [9.17, 15) is 0 Å². The zero-order chi connectivity index (χ0) is 19.4. The Bertz CT molecular complexity index is 1320. The number of fused-ring (bicyclic) bond motifs is 6. The smallest absolute Gasteiger partial charge is 0.228 e. The highest BCUT2D eigenvalue weighted by Gasteiger charge is 2.33. The average molecular weight is 379 g/mol. The number of benzene rings is 3. The van der Waals surface area contributed by atoms with Crippen LogP contribution in [0.15, 0.2) is 77.8 Å². The predicted octanol–water partition coefficient (Wildman–Crippen LogP) is 4.94. The molecule has 29 heavy (non-hydrogen) atoms. The van der Waals surface area contributed by atoms with Crippen molar-refractivity contribution in [3.63, 3.8) is 0 Å². The number of aliphatic imine (C=N–C) groups is 1. The zero-order valence-electron chi connectivity index (χ0n) is 15.7. The lowest BCUT2D eigenvalue weighted by atomic mass is 10.0. The summed E-state index contributed by atoms with van der Waals surface area (Å²) in [4.78, 5) is 9.93. The minimum Gasteiger partial charge on any atom is -0.497 e. The van der Waals surface area contributed by atoms with Gasteiger partial charge in [0.15, 0.2) is 6.17 Å². The van der Waals surface area contributed by atoms with Crippen molar-refractivity contribution in [1.29, 1.82) is 0 Å². The van der Waals surface area contributed by atoms with Crippen LogP contribution in [-0.2, 0) is 0 Å². The van der Waals surface area contributed by atoms with Crippen LogP contribution >= 0.6 is 0 Å². The van der Waals surface area contributed by atoms with Crippen LogP contribution in [0.2, 0.25) is 0 Å². The van der Waals surface area contributed by atoms with Crippen LogP contribution < -0.4 is 9.47 Å². The summed E-state index contributed by atoms with van der Waals surface area (Å²) in [5, 5.41) is 0. The quantitative estimate of drug-likeness (QED) is 0.496. The molecule has 3 heterocycles. The summed E-state index contributed by atoms with van der Waals surface area (Å²) < 4.78 is 13.7. The molecule has 0 N–H and O–H groups in total. The molecule has 4 aromatic rings. The minimum atomic E-state index is -0.263. The molecule has 1 aromatic heterocycles. The molecule has 3 aromatic carbocycles. The maximum Gasteiger partial charge on any atom is 0.228 e. The number of ether oxygens (including phenoxy) is 2. The van der Waals surface area contributed by atoms with Crippen molar-refractivity contribution >= 4 is 28.6 Å². The Labute approximate surface area is 167 Å². The van der Waals surface area contributed by atoms with E-state index in [1.165, 1.54) is 0 Å². The van der Waals surface area contributed by atoms with Crippen molar-refractivity contribution < 1.29 is 9.47 Å². The Balaban J connectivity index is 1.61. The number of rotatable bonds is 2. The molecule has 5 heteroatoms. The van der Waals surface area contributed by atoms with Crippen molar-refractivity contribution in [2.75, 3.05) is 7.11 Å². The summed E-state index contributed by atoms with van der Waals surface area (Å²) >= 11 is 0. The number of hydrogen-bond acceptors (Lipinski definition) is 4. The first kappa shape index (κ1) is 16.1. The topological polar surface area (TPSA) is 48.6 Å². The predicted molar refractivity (Wildman–Crippen MR) is 113 cm³/mol. The van der Waals surface area contributed by atoms with Crippen molar-refractivity contribution in [2.24, 2.45) is 4.99 Å². The summed E-state index contributed by atoms with van der Waals surface area (Å²) in [5.41, 5.74) is 4.97. The summed E-state index contributed by atoms with van der Waals surface area (Å²) in [6.07, 6.45) is 1.85. The second-order valence-electron chi connectivity index (χ2n) is 7.07. The lowest BCUT2D eigenvalue weighted by Gasteiger charge is -2.28. The van der Waals surface area contributed by atoms with E-state index in [1.54, 1.807) is 7.11 Å². The largest absolute Gasteiger partial charge is 0.497 e. The molecule has 0 bridgehead atoms. The SMILES string of the molecule is COc1ccc(C2N=C3Oc4ccccc4C=C3c3nc4ccccc4n32)cc1. The third-order valence-electron chi connectivity index (χ3n) is 5.39. The normalized spacial score (nSPS) is 16.8. The van der Waals surface area contributed by atoms with E-state index in [0.29, 0.717) is 5.90 Å². The van der Waals surface area contributed by atoms with Gasteiger partial charge in [-0.3, -0.25) is 4.57 Å². The molecule has 0 saturated heterocycles. The Morgan fingerprint density at radius 1 is 0.931 bits per heavy atom. The van der Waals surface area contributed by atoms with Crippen LogP contribution in [0.5, 0.6) is 11.5 Å². The molecule has 1 atom stereocenters. The highest BCUT2D eigenvalue weighted by molar-refractivity contribution is 6.26. The molecular weight excluding hydrogens is 362 g/mol. The molecule has 6 rings (SSSR count). The number of nitrogens with zero attached hydrogens (tertiary/aromatic N) is 3. The van der Waals surface area contributed by atoms with E-state index in [2.05, 4.69) is 16.7 Å². The van der Waals surface area contributed by atoms with Gasteiger partial charge in [-0.1, -0.05) is 42.5 Å². The van der Waals surface area contributed by atoms with Crippen LogP contribution in [0.4, 0.5) is 0 Å². The zero-order valence-corrected chi connectivity index (χ0v) is 15.7. The van der Waals surface area contributed by atoms with Gasteiger partial charge >= 0.3 is 0 Å². The van der Waals surface area contributed by atoms with Crippen LogP contribution in [0, 0.1) is 0 Å². The molecule has 0 aliphatic carbocycles. The van der Waals surface area contributed by atoms with Gasteiger partial charge in [0.05, 0.1) is 23.7 Å². The molecular formula is C24H17N3O2. The van der Waals surface area contributed by atoms with Crippen molar-refractivity contribution in [3.8, 4) is 11.5 Å². The summed E-state index contributed by atoms with van der Waals surface area (Å²) in [5.74, 6) is 3.10. The van der Waals surface area contributed by atoms with E-state index in [0.717, 1.165) is 45.1 Å². The summed E-state index contributed by atoms with van der Waals surface area (Å²) in [6, 6.07) is 24.1.